The van der Waals surface area contributed by atoms with Gasteiger partial charge in [0, 0.05) is 6.07 Å². The van der Waals surface area contributed by atoms with Gasteiger partial charge in [0.15, 0.2) is 11.1 Å². The first-order valence-electron chi connectivity index (χ1n) is 5.37. The van der Waals surface area contributed by atoms with Gasteiger partial charge in [-0.2, -0.15) is 0 Å². The molecule has 0 aliphatic heterocycles. The third kappa shape index (κ3) is 4.50. The molecule has 0 saturated heterocycles. The van der Waals surface area contributed by atoms with Crippen LogP contribution in [0, 0.1) is 0 Å². The molecular formula is C12H16Cl2O2. The Morgan fingerprint density at radius 1 is 1.00 bits per heavy atom. The van der Waals surface area contributed by atoms with Gasteiger partial charge < -0.3 is 9.47 Å². The lowest BCUT2D eigenvalue weighted by atomic mass is 10.3. The molecule has 4 heteroatoms. The second-order valence-electron chi connectivity index (χ2n) is 3.35. The topological polar surface area (TPSA) is 18.5 Å². The van der Waals surface area contributed by atoms with Crippen LogP contribution >= 0.6 is 23.2 Å². The van der Waals surface area contributed by atoms with Crippen molar-refractivity contribution in [2.75, 3.05) is 0 Å². The molecular weight excluding hydrogens is 247 g/mol. The van der Waals surface area contributed by atoms with E-state index in [4.69, 9.17) is 32.7 Å². The fraction of sp³-hybridized carbons (Fsp3) is 0.500. The van der Waals surface area contributed by atoms with Crippen LogP contribution in [0.1, 0.15) is 26.7 Å². The fourth-order valence-electron chi connectivity index (χ4n) is 1.08. The van der Waals surface area contributed by atoms with Gasteiger partial charge in [-0.05, 0) is 25.0 Å². The summed E-state index contributed by atoms with van der Waals surface area (Å²) in [6.45, 7) is 3.92. The number of halogens is 2. The molecule has 0 heterocycles. The second kappa shape index (κ2) is 6.87. The Morgan fingerprint density at radius 3 is 1.81 bits per heavy atom. The van der Waals surface area contributed by atoms with Crippen molar-refractivity contribution < 1.29 is 9.47 Å². The summed E-state index contributed by atoms with van der Waals surface area (Å²) in [5.74, 6) is 1.39. The van der Waals surface area contributed by atoms with Gasteiger partial charge in [-0.1, -0.05) is 43.1 Å². The summed E-state index contributed by atoms with van der Waals surface area (Å²) in [5.41, 5.74) is -0.624. The first-order valence-corrected chi connectivity index (χ1v) is 6.24. The standard InChI is InChI=1S/C12H16Cl2O2/c1-3-11(13)15-9-6-5-7-10(8-9)16-12(14)4-2/h5-8,11-12H,3-4H2,1-2H3. The van der Waals surface area contributed by atoms with Crippen LogP contribution in [0.25, 0.3) is 0 Å². The largest absolute Gasteiger partial charge is 0.475 e. The van der Waals surface area contributed by atoms with Crippen molar-refractivity contribution in [3.63, 3.8) is 0 Å². The third-order valence-corrected chi connectivity index (χ3v) is 2.77. The van der Waals surface area contributed by atoms with Crippen molar-refractivity contribution in [1.82, 2.24) is 0 Å². The van der Waals surface area contributed by atoms with E-state index >= 15 is 0 Å². The summed E-state index contributed by atoms with van der Waals surface area (Å²) in [6, 6.07) is 7.32. The van der Waals surface area contributed by atoms with Gasteiger partial charge >= 0.3 is 0 Å². The highest BCUT2D eigenvalue weighted by atomic mass is 35.5. The summed E-state index contributed by atoms with van der Waals surface area (Å²) >= 11 is 11.8. The predicted octanol–water partition coefficient (Wildman–Crippen LogP) is 4.39. The van der Waals surface area contributed by atoms with Gasteiger partial charge in [0.2, 0.25) is 0 Å². The molecule has 2 unspecified atom stereocenters. The maximum atomic E-state index is 5.90. The molecule has 2 nitrogen and oxygen atoms in total. The predicted molar refractivity (Wildman–Crippen MR) is 67.6 cm³/mol. The highest BCUT2D eigenvalue weighted by molar-refractivity contribution is 6.20. The molecule has 90 valence electrons. The number of ether oxygens (including phenoxy) is 2. The Kier molecular flexibility index (Phi) is 5.78. The minimum Gasteiger partial charge on any atom is -0.475 e. The van der Waals surface area contributed by atoms with E-state index in [-0.39, 0.29) is 11.1 Å². The number of benzene rings is 1. The molecule has 0 saturated carbocycles. The number of rotatable bonds is 6. The van der Waals surface area contributed by atoms with E-state index in [0.717, 1.165) is 12.8 Å². The van der Waals surface area contributed by atoms with Crippen LogP contribution in [0.4, 0.5) is 0 Å². The van der Waals surface area contributed by atoms with Gasteiger partial charge in [0.05, 0.1) is 0 Å². The van der Waals surface area contributed by atoms with Crippen LogP contribution < -0.4 is 9.47 Å². The molecule has 0 aromatic heterocycles. The highest BCUT2D eigenvalue weighted by Crippen LogP contribution is 2.23. The third-order valence-electron chi connectivity index (χ3n) is 1.98. The zero-order chi connectivity index (χ0) is 12.0. The molecule has 1 aromatic rings. The van der Waals surface area contributed by atoms with Crippen molar-refractivity contribution in [3.8, 4) is 11.5 Å². The smallest absolute Gasteiger partial charge is 0.171 e. The number of hydrogen-bond donors (Lipinski definition) is 0. The Labute approximate surface area is 106 Å². The Morgan fingerprint density at radius 2 is 1.44 bits per heavy atom. The molecule has 0 aliphatic rings. The van der Waals surface area contributed by atoms with Gasteiger partial charge in [0.25, 0.3) is 0 Å². The molecule has 1 rings (SSSR count). The van der Waals surface area contributed by atoms with Crippen LogP contribution in [0.3, 0.4) is 0 Å². The second-order valence-corrected chi connectivity index (χ2v) is 4.32. The van der Waals surface area contributed by atoms with E-state index in [1.54, 1.807) is 6.07 Å². The summed E-state index contributed by atoms with van der Waals surface area (Å²) in [7, 11) is 0. The zero-order valence-electron chi connectivity index (χ0n) is 9.45. The lowest BCUT2D eigenvalue weighted by molar-refractivity contribution is 0.262. The maximum Gasteiger partial charge on any atom is 0.171 e. The number of hydrogen-bond acceptors (Lipinski definition) is 2. The highest BCUT2D eigenvalue weighted by Gasteiger charge is 2.06. The molecule has 0 spiro atoms. The van der Waals surface area contributed by atoms with E-state index in [1.807, 2.05) is 32.0 Å². The van der Waals surface area contributed by atoms with E-state index in [0.29, 0.717) is 11.5 Å². The van der Waals surface area contributed by atoms with Gasteiger partial charge in [-0.15, -0.1) is 0 Å². The van der Waals surface area contributed by atoms with Crippen molar-refractivity contribution in [1.29, 1.82) is 0 Å². The lowest BCUT2D eigenvalue weighted by Gasteiger charge is -2.13. The van der Waals surface area contributed by atoms with Crippen molar-refractivity contribution in [3.05, 3.63) is 24.3 Å². The molecule has 0 radical (unpaired) electrons. The van der Waals surface area contributed by atoms with Crippen LogP contribution in [0.5, 0.6) is 11.5 Å². The zero-order valence-corrected chi connectivity index (χ0v) is 11.0. The van der Waals surface area contributed by atoms with E-state index in [9.17, 15) is 0 Å². The first kappa shape index (κ1) is 13.5. The van der Waals surface area contributed by atoms with Crippen LogP contribution in [-0.2, 0) is 0 Å². The molecule has 1 aromatic carbocycles. The molecule has 0 amide bonds. The quantitative estimate of drug-likeness (QED) is 0.708. The molecule has 16 heavy (non-hydrogen) atoms. The summed E-state index contributed by atoms with van der Waals surface area (Å²) in [6.07, 6.45) is 1.50. The Bertz CT molecular complexity index is 290. The van der Waals surface area contributed by atoms with E-state index < -0.39 is 0 Å². The van der Waals surface area contributed by atoms with Crippen LogP contribution in [0.2, 0.25) is 0 Å². The molecule has 0 aliphatic carbocycles. The van der Waals surface area contributed by atoms with Gasteiger partial charge in [-0.3, -0.25) is 0 Å². The van der Waals surface area contributed by atoms with Crippen molar-refractivity contribution in [2.45, 2.75) is 37.8 Å². The van der Waals surface area contributed by atoms with Crippen molar-refractivity contribution in [2.24, 2.45) is 0 Å². The van der Waals surface area contributed by atoms with E-state index in [1.165, 1.54) is 0 Å². The summed E-state index contributed by atoms with van der Waals surface area (Å²) in [4.78, 5) is 0. The lowest BCUT2D eigenvalue weighted by Crippen LogP contribution is -2.08. The van der Waals surface area contributed by atoms with Crippen LogP contribution in [-0.4, -0.2) is 11.1 Å². The molecule has 0 bridgehead atoms. The summed E-state index contributed by atoms with van der Waals surface area (Å²) < 4.78 is 10.9. The minimum absolute atomic E-state index is 0.312. The monoisotopic (exact) mass is 262 g/mol. The average molecular weight is 263 g/mol. The molecule has 0 fully saturated rings. The fourth-order valence-corrected chi connectivity index (χ4v) is 1.29. The first-order chi connectivity index (χ1) is 7.65. The SMILES string of the molecule is CCC(Cl)Oc1cccc(OC(Cl)CC)c1. The van der Waals surface area contributed by atoms with E-state index in [2.05, 4.69) is 0 Å². The average Bonchev–Trinajstić information content (AvgIpc) is 2.29. The summed E-state index contributed by atoms with van der Waals surface area (Å²) in [5, 5.41) is 0. The maximum absolute atomic E-state index is 5.90. The van der Waals surface area contributed by atoms with Crippen molar-refractivity contribution >= 4 is 23.2 Å². The molecule has 2 atom stereocenters. The van der Waals surface area contributed by atoms with Crippen LogP contribution in [0.15, 0.2) is 24.3 Å². The number of alkyl halides is 2. The minimum atomic E-state index is -0.312. The van der Waals surface area contributed by atoms with Gasteiger partial charge in [0.1, 0.15) is 11.5 Å². The Balaban J connectivity index is 2.63. The molecule has 0 N–H and O–H groups in total. The van der Waals surface area contributed by atoms with Gasteiger partial charge in [-0.25, -0.2) is 0 Å². The Hall–Kier alpha value is -0.600. The normalized spacial score (nSPS) is 14.2.